The monoisotopic (exact) mass is 217 g/mol. The molecule has 1 aliphatic rings. The summed E-state index contributed by atoms with van der Waals surface area (Å²) in [6.07, 6.45) is 0.584. The Bertz CT molecular complexity index is 312. The second kappa shape index (κ2) is 4.57. The minimum Gasteiger partial charge on any atom is -0.490 e. The summed E-state index contributed by atoms with van der Waals surface area (Å²) < 4.78 is 30.6. The van der Waals surface area contributed by atoms with Gasteiger partial charge in [-0.05, 0) is 0 Å². The van der Waals surface area contributed by atoms with E-state index in [1.54, 1.807) is 0 Å². The van der Waals surface area contributed by atoms with Crippen LogP contribution in [0.4, 0.5) is 8.78 Å². The number of hydrogen-bond donors (Lipinski definition) is 1. The summed E-state index contributed by atoms with van der Waals surface area (Å²) in [6, 6.07) is 0. The fraction of sp³-hybridized carbons (Fsp3) is 0.667. The fourth-order valence-electron chi connectivity index (χ4n) is 1.34. The van der Waals surface area contributed by atoms with Gasteiger partial charge in [0, 0.05) is 19.0 Å². The van der Waals surface area contributed by atoms with Crippen molar-refractivity contribution in [2.75, 3.05) is 19.7 Å². The lowest BCUT2D eigenvalue weighted by molar-refractivity contribution is 0.121. The van der Waals surface area contributed by atoms with Crippen molar-refractivity contribution in [3.63, 3.8) is 0 Å². The van der Waals surface area contributed by atoms with Crippen LogP contribution < -0.4 is 10.1 Å². The van der Waals surface area contributed by atoms with Crippen molar-refractivity contribution in [2.24, 2.45) is 5.92 Å². The number of rotatable bonds is 5. The molecular weight excluding hydrogens is 204 g/mol. The summed E-state index contributed by atoms with van der Waals surface area (Å²) in [5, 5.41) is 6.90. The number of nitrogens with one attached hydrogen (secondary N) is 1. The molecule has 0 radical (unpaired) electrons. The van der Waals surface area contributed by atoms with Gasteiger partial charge in [0.15, 0.2) is 5.75 Å². The lowest BCUT2D eigenvalue weighted by Gasteiger charge is -2.26. The first kappa shape index (κ1) is 10.4. The molecule has 6 heteroatoms. The van der Waals surface area contributed by atoms with Gasteiger partial charge in [0.2, 0.25) is 0 Å². The maximum atomic E-state index is 12.0. The van der Waals surface area contributed by atoms with Crippen LogP contribution in [-0.2, 0) is 6.54 Å². The Morgan fingerprint density at radius 1 is 1.60 bits per heavy atom. The van der Waals surface area contributed by atoms with Crippen LogP contribution in [0.2, 0.25) is 0 Å². The molecular formula is C9H13F2N3O. The van der Waals surface area contributed by atoms with Crippen molar-refractivity contribution in [3.8, 4) is 5.75 Å². The van der Waals surface area contributed by atoms with Crippen LogP contribution in [0.15, 0.2) is 12.4 Å². The molecule has 4 nitrogen and oxygen atoms in total. The van der Waals surface area contributed by atoms with E-state index in [2.05, 4.69) is 10.4 Å². The molecule has 0 atom stereocenters. The Labute approximate surface area is 86.2 Å². The van der Waals surface area contributed by atoms with E-state index in [0.29, 0.717) is 18.3 Å². The van der Waals surface area contributed by atoms with Gasteiger partial charge in [-0.25, -0.2) is 8.78 Å². The van der Waals surface area contributed by atoms with Crippen LogP contribution in [0, 0.1) is 5.92 Å². The second-order valence-electron chi connectivity index (χ2n) is 3.62. The lowest BCUT2D eigenvalue weighted by Crippen LogP contribution is -2.45. The number of hydrogen-bond acceptors (Lipinski definition) is 3. The first-order valence-corrected chi connectivity index (χ1v) is 4.88. The average Bonchev–Trinajstić information content (AvgIpc) is 2.48. The molecule has 84 valence electrons. The standard InChI is InChI=1S/C9H13F2N3O/c10-9(11)5-14-4-8(3-13-14)15-6-7-1-12-2-7/h3-4,7,9,12H,1-2,5-6H2. The van der Waals surface area contributed by atoms with Gasteiger partial charge in [-0.2, -0.15) is 5.10 Å². The molecule has 0 aromatic carbocycles. The van der Waals surface area contributed by atoms with Gasteiger partial charge in [-0.1, -0.05) is 0 Å². The highest BCUT2D eigenvalue weighted by Crippen LogP contribution is 2.12. The lowest BCUT2D eigenvalue weighted by atomic mass is 10.1. The minimum atomic E-state index is -2.38. The molecule has 15 heavy (non-hydrogen) atoms. The van der Waals surface area contributed by atoms with E-state index < -0.39 is 6.43 Å². The van der Waals surface area contributed by atoms with Gasteiger partial charge in [-0.15, -0.1) is 0 Å². The zero-order valence-corrected chi connectivity index (χ0v) is 8.20. The Morgan fingerprint density at radius 3 is 3.00 bits per heavy atom. The van der Waals surface area contributed by atoms with Gasteiger partial charge in [-0.3, -0.25) is 4.68 Å². The van der Waals surface area contributed by atoms with Crippen LogP contribution in [0.25, 0.3) is 0 Å². The van der Waals surface area contributed by atoms with E-state index in [1.165, 1.54) is 17.1 Å². The molecule has 0 spiro atoms. The summed E-state index contributed by atoms with van der Waals surface area (Å²) >= 11 is 0. The van der Waals surface area contributed by atoms with Crippen LogP contribution in [0.3, 0.4) is 0 Å². The Kier molecular flexibility index (Phi) is 3.15. The number of alkyl halides is 2. The van der Waals surface area contributed by atoms with Crippen molar-refractivity contribution < 1.29 is 13.5 Å². The van der Waals surface area contributed by atoms with Gasteiger partial charge >= 0.3 is 0 Å². The smallest absolute Gasteiger partial charge is 0.257 e. The third-order valence-electron chi connectivity index (χ3n) is 2.29. The zero-order chi connectivity index (χ0) is 10.7. The molecule has 1 aromatic heterocycles. The average molecular weight is 217 g/mol. The van der Waals surface area contributed by atoms with E-state index in [9.17, 15) is 8.78 Å². The number of ether oxygens (including phenoxy) is 1. The molecule has 2 heterocycles. The van der Waals surface area contributed by atoms with Crippen LogP contribution in [-0.4, -0.2) is 35.9 Å². The van der Waals surface area contributed by atoms with Gasteiger partial charge in [0.1, 0.15) is 6.54 Å². The highest BCUT2D eigenvalue weighted by atomic mass is 19.3. The molecule has 0 amide bonds. The maximum absolute atomic E-state index is 12.0. The fourth-order valence-corrected chi connectivity index (χ4v) is 1.34. The largest absolute Gasteiger partial charge is 0.490 e. The van der Waals surface area contributed by atoms with E-state index >= 15 is 0 Å². The van der Waals surface area contributed by atoms with Crippen molar-refractivity contribution in [3.05, 3.63) is 12.4 Å². The molecule has 0 saturated carbocycles. The summed E-state index contributed by atoms with van der Waals surface area (Å²) in [6.45, 7) is 2.16. The van der Waals surface area contributed by atoms with Crippen molar-refractivity contribution in [1.29, 1.82) is 0 Å². The normalized spacial score (nSPS) is 16.7. The number of nitrogens with zero attached hydrogens (tertiary/aromatic N) is 2. The van der Waals surface area contributed by atoms with Gasteiger partial charge in [0.25, 0.3) is 6.43 Å². The van der Waals surface area contributed by atoms with E-state index in [4.69, 9.17) is 4.74 Å². The molecule has 0 unspecified atom stereocenters. The predicted octanol–water partition coefficient (Wildman–Crippen LogP) is 0.746. The Morgan fingerprint density at radius 2 is 2.40 bits per heavy atom. The van der Waals surface area contributed by atoms with Crippen LogP contribution in [0.5, 0.6) is 5.75 Å². The second-order valence-corrected chi connectivity index (χ2v) is 3.62. The topological polar surface area (TPSA) is 39.1 Å². The molecule has 1 fully saturated rings. The van der Waals surface area contributed by atoms with E-state index in [1.807, 2.05) is 0 Å². The van der Waals surface area contributed by atoms with Crippen LogP contribution in [0.1, 0.15) is 0 Å². The quantitative estimate of drug-likeness (QED) is 0.791. The zero-order valence-electron chi connectivity index (χ0n) is 8.20. The van der Waals surface area contributed by atoms with Crippen LogP contribution >= 0.6 is 0 Å². The first-order valence-electron chi connectivity index (χ1n) is 4.88. The van der Waals surface area contributed by atoms with E-state index in [0.717, 1.165) is 13.1 Å². The Balaban J connectivity index is 1.78. The molecule has 1 saturated heterocycles. The highest BCUT2D eigenvalue weighted by molar-refractivity contribution is 5.11. The molecule has 2 rings (SSSR count). The molecule has 0 bridgehead atoms. The van der Waals surface area contributed by atoms with Crippen molar-refractivity contribution in [1.82, 2.24) is 15.1 Å². The summed E-state index contributed by atoms with van der Waals surface area (Å²) in [7, 11) is 0. The highest BCUT2D eigenvalue weighted by Gasteiger charge is 2.17. The maximum Gasteiger partial charge on any atom is 0.257 e. The van der Waals surface area contributed by atoms with Gasteiger partial charge in [0.05, 0.1) is 19.0 Å². The third-order valence-corrected chi connectivity index (χ3v) is 2.29. The first-order chi connectivity index (χ1) is 7.24. The van der Waals surface area contributed by atoms with Crippen molar-refractivity contribution >= 4 is 0 Å². The molecule has 1 aliphatic heterocycles. The summed E-state index contributed by atoms with van der Waals surface area (Å²) in [5.41, 5.74) is 0. The Hall–Kier alpha value is -1.17. The predicted molar refractivity (Wildman–Crippen MR) is 50.1 cm³/mol. The van der Waals surface area contributed by atoms with Gasteiger partial charge < -0.3 is 10.1 Å². The molecule has 1 aromatic rings. The summed E-state index contributed by atoms with van der Waals surface area (Å²) in [5.74, 6) is 1.09. The minimum absolute atomic E-state index is 0.381. The molecule has 1 N–H and O–H groups in total. The summed E-state index contributed by atoms with van der Waals surface area (Å²) in [4.78, 5) is 0. The number of halogens is 2. The van der Waals surface area contributed by atoms with Crippen molar-refractivity contribution in [2.45, 2.75) is 13.0 Å². The molecule has 0 aliphatic carbocycles. The third kappa shape index (κ3) is 2.89. The van der Waals surface area contributed by atoms with E-state index in [-0.39, 0.29) is 6.54 Å². The SMILES string of the molecule is FC(F)Cn1cc(OCC2CNC2)cn1. The number of aromatic nitrogens is 2.